The van der Waals surface area contributed by atoms with Crippen LogP contribution in [-0.4, -0.2) is 39.8 Å². The zero-order valence-corrected chi connectivity index (χ0v) is 19.5. The Balaban J connectivity index is 1.57. The van der Waals surface area contributed by atoms with Crippen LogP contribution in [0.5, 0.6) is 0 Å². The Labute approximate surface area is 200 Å². The summed E-state index contributed by atoms with van der Waals surface area (Å²) in [7, 11) is 3.92. The zero-order valence-electron chi connectivity index (χ0n) is 18.6. The molecule has 0 N–H and O–H groups in total. The highest BCUT2D eigenvalue weighted by Crippen LogP contribution is 2.30. The lowest BCUT2D eigenvalue weighted by molar-refractivity contribution is 0.0969. The van der Waals surface area contributed by atoms with Gasteiger partial charge in [0.25, 0.3) is 5.91 Å². The minimum Gasteiger partial charge on any atom is -0.378 e. The van der Waals surface area contributed by atoms with Crippen LogP contribution in [0.25, 0.3) is 26.9 Å². The quantitative estimate of drug-likeness (QED) is 0.250. The molecule has 0 atom stereocenters. The van der Waals surface area contributed by atoms with Crippen molar-refractivity contribution in [2.45, 2.75) is 10.9 Å². The molecule has 2 aromatic heterocycles. The molecule has 8 heteroatoms. The van der Waals surface area contributed by atoms with E-state index < -0.39 is 0 Å². The number of nitrogens with zero attached hydrogens (tertiary/aromatic N) is 6. The van der Waals surface area contributed by atoms with Gasteiger partial charge in [0.05, 0.1) is 12.1 Å². The second-order valence-electron chi connectivity index (χ2n) is 7.89. The molecule has 0 aliphatic rings. The smallest absolute Gasteiger partial charge is 0.264 e. The van der Waals surface area contributed by atoms with Gasteiger partial charge in [-0.25, -0.2) is 9.83 Å². The van der Waals surface area contributed by atoms with Crippen LogP contribution in [-0.2, 0) is 5.75 Å². The highest BCUT2D eigenvalue weighted by molar-refractivity contribution is 7.98. The number of hydrogen-bond donors (Lipinski definition) is 0. The summed E-state index contributed by atoms with van der Waals surface area (Å²) in [5.74, 6) is 0.359. The second kappa shape index (κ2) is 8.96. The van der Waals surface area contributed by atoms with Crippen molar-refractivity contribution in [3.8, 4) is 0 Å². The van der Waals surface area contributed by atoms with Gasteiger partial charge in [-0.2, -0.15) is 0 Å². The van der Waals surface area contributed by atoms with Gasteiger partial charge in [-0.15, -0.1) is 10.2 Å². The molecule has 0 radical (unpaired) electrons. The van der Waals surface area contributed by atoms with Gasteiger partial charge >= 0.3 is 0 Å². The molecule has 34 heavy (non-hydrogen) atoms. The summed E-state index contributed by atoms with van der Waals surface area (Å²) in [6, 6.07) is 22.6. The average molecular weight is 465 g/mol. The molecule has 166 valence electrons. The van der Waals surface area contributed by atoms with Gasteiger partial charge < -0.3 is 4.90 Å². The summed E-state index contributed by atoms with van der Waals surface area (Å²) >= 11 is 1.39. The third kappa shape index (κ3) is 3.87. The molecular formula is C26H20N6OS. The highest BCUT2D eigenvalue weighted by atomic mass is 32.2. The summed E-state index contributed by atoms with van der Waals surface area (Å²) < 4.78 is 1.61. The van der Waals surface area contributed by atoms with Gasteiger partial charge in [0.2, 0.25) is 5.16 Å². The number of carbonyl (C=O) groups is 1. The number of hydrogen-bond acceptors (Lipinski definition) is 6. The van der Waals surface area contributed by atoms with E-state index >= 15 is 0 Å². The standard InChI is InChI=1S/C26H20N6OS/c1-27-21-10-6-4-8-18(21)16-34-26-28-24-23(29-30-26)20-9-5-7-11-22(20)32(24)25(33)17-12-14-19(15-13-17)31(2)3/h4-15H,16H2,2-3H3. The van der Waals surface area contributed by atoms with Crippen molar-refractivity contribution in [1.29, 1.82) is 0 Å². The molecule has 0 bridgehead atoms. The predicted octanol–water partition coefficient (Wildman–Crippen LogP) is 5.58. The van der Waals surface area contributed by atoms with Crippen molar-refractivity contribution in [3.05, 3.63) is 95.3 Å². The van der Waals surface area contributed by atoms with Gasteiger partial charge in [0.15, 0.2) is 11.3 Å². The molecule has 0 aliphatic carbocycles. The number of anilines is 1. The fraction of sp³-hybridized carbons (Fsp3) is 0.115. The van der Waals surface area contributed by atoms with E-state index in [0.29, 0.717) is 33.3 Å². The van der Waals surface area contributed by atoms with E-state index in [1.54, 1.807) is 10.6 Å². The summed E-state index contributed by atoms with van der Waals surface area (Å²) in [5, 5.41) is 10.00. The van der Waals surface area contributed by atoms with Crippen molar-refractivity contribution in [2.24, 2.45) is 0 Å². The van der Waals surface area contributed by atoms with Crippen LogP contribution in [0.15, 0.2) is 78.0 Å². The lowest BCUT2D eigenvalue weighted by atomic mass is 10.2. The molecule has 7 nitrogen and oxygen atoms in total. The Morgan fingerprint density at radius 1 is 1.00 bits per heavy atom. The Hall–Kier alpha value is -4.22. The average Bonchev–Trinajstić information content (AvgIpc) is 3.21. The van der Waals surface area contributed by atoms with Gasteiger partial charge in [0, 0.05) is 36.5 Å². The molecule has 0 amide bonds. The largest absolute Gasteiger partial charge is 0.378 e. The van der Waals surface area contributed by atoms with Crippen LogP contribution in [0.3, 0.4) is 0 Å². The van der Waals surface area contributed by atoms with Crippen LogP contribution < -0.4 is 4.90 Å². The summed E-state index contributed by atoms with van der Waals surface area (Å²) in [5.41, 5.74) is 4.88. The molecule has 5 rings (SSSR count). The number of carbonyl (C=O) groups excluding carboxylic acids is 1. The van der Waals surface area contributed by atoms with Crippen LogP contribution in [0, 0.1) is 6.57 Å². The van der Waals surface area contributed by atoms with Crippen molar-refractivity contribution in [1.82, 2.24) is 19.7 Å². The van der Waals surface area contributed by atoms with E-state index in [2.05, 4.69) is 15.0 Å². The normalized spacial score (nSPS) is 11.0. The van der Waals surface area contributed by atoms with E-state index in [1.807, 2.05) is 85.7 Å². The molecular weight excluding hydrogens is 444 g/mol. The van der Waals surface area contributed by atoms with Gasteiger partial charge in [0.1, 0.15) is 5.52 Å². The zero-order chi connectivity index (χ0) is 23.7. The van der Waals surface area contributed by atoms with E-state index in [1.165, 1.54) is 11.8 Å². The molecule has 0 saturated heterocycles. The molecule has 0 spiro atoms. The fourth-order valence-corrected chi connectivity index (χ4v) is 4.58. The SMILES string of the molecule is [C-]#[N+]c1ccccc1CSc1nnc2c3ccccc3n(C(=O)c3ccc(N(C)C)cc3)c2n1. The van der Waals surface area contributed by atoms with E-state index in [9.17, 15) is 4.79 Å². The van der Waals surface area contributed by atoms with E-state index in [4.69, 9.17) is 11.6 Å². The number of benzene rings is 3. The lowest BCUT2D eigenvalue weighted by Crippen LogP contribution is -2.14. The topological polar surface area (TPSA) is 68.3 Å². The van der Waals surface area contributed by atoms with Crippen LogP contribution in [0.1, 0.15) is 15.9 Å². The third-order valence-corrected chi connectivity index (χ3v) is 6.45. The maximum Gasteiger partial charge on any atom is 0.264 e. The summed E-state index contributed by atoms with van der Waals surface area (Å²) in [4.78, 5) is 23.9. The summed E-state index contributed by atoms with van der Waals surface area (Å²) in [6.45, 7) is 7.36. The first-order valence-electron chi connectivity index (χ1n) is 10.6. The highest BCUT2D eigenvalue weighted by Gasteiger charge is 2.21. The van der Waals surface area contributed by atoms with Crippen LogP contribution >= 0.6 is 11.8 Å². The molecule has 3 aromatic carbocycles. The fourth-order valence-electron chi connectivity index (χ4n) is 3.80. The Bertz CT molecular complexity index is 1570. The van der Waals surface area contributed by atoms with Gasteiger partial charge in [-0.1, -0.05) is 54.2 Å². The van der Waals surface area contributed by atoms with Gasteiger partial charge in [-0.3, -0.25) is 9.36 Å². The van der Waals surface area contributed by atoms with E-state index in [0.717, 1.165) is 22.2 Å². The number of rotatable bonds is 5. The number of aromatic nitrogens is 4. The lowest BCUT2D eigenvalue weighted by Gasteiger charge is -2.13. The number of para-hydroxylation sites is 2. The minimum absolute atomic E-state index is 0.175. The monoisotopic (exact) mass is 464 g/mol. The molecule has 5 aromatic rings. The first kappa shape index (κ1) is 21.6. The number of thioether (sulfide) groups is 1. The molecule has 0 aliphatic heterocycles. The molecule has 2 heterocycles. The predicted molar refractivity (Wildman–Crippen MR) is 136 cm³/mol. The first-order valence-corrected chi connectivity index (χ1v) is 11.6. The number of fused-ring (bicyclic) bond motifs is 3. The Kier molecular flexibility index (Phi) is 5.70. The molecule has 0 saturated carbocycles. The van der Waals surface area contributed by atoms with Crippen molar-refractivity contribution < 1.29 is 4.79 Å². The van der Waals surface area contributed by atoms with Gasteiger partial charge in [-0.05, 0) is 35.9 Å². The van der Waals surface area contributed by atoms with Crippen molar-refractivity contribution in [3.63, 3.8) is 0 Å². The maximum atomic E-state index is 13.6. The summed E-state index contributed by atoms with van der Waals surface area (Å²) in [6.07, 6.45) is 0. The molecule has 0 unspecified atom stereocenters. The Morgan fingerprint density at radius 2 is 1.74 bits per heavy atom. The third-order valence-electron chi connectivity index (χ3n) is 5.56. The molecule has 0 fully saturated rings. The van der Waals surface area contributed by atoms with E-state index in [-0.39, 0.29) is 5.91 Å². The Morgan fingerprint density at radius 3 is 2.50 bits per heavy atom. The second-order valence-corrected chi connectivity index (χ2v) is 8.84. The van der Waals surface area contributed by atoms with Crippen LogP contribution in [0.2, 0.25) is 0 Å². The minimum atomic E-state index is -0.175. The van der Waals surface area contributed by atoms with Crippen molar-refractivity contribution in [2.75, 3.05) is 19.0 Å². The van der Waals surface area contributed by atoms with Crippen LogP contribution in [0.4, 0.5) is 11.4 Å². The first-order chi connectivity index (χ1) is 16.6. The van der Waals surface area contributed by atoms with Crippen molar-refractivity contribution >= 4 is 51.1 Å². The maximum absolute atomic E-state index is 13.6.